The summed E-state index contributed by atoms with van der Waals surface area (Å²) in [6.07, 6.45) is 36.2. The Labute approximate surface area is 678 Å². The molecule has 32 heteroatoms. The number of alkyl halides is 1. The van der Waals surface area contributed by atoms with Gasteiger partial charge in [0, 0.05) is 171 Å². The van der Waals surface area contributed by atoms with Gasteiger partial charge in [-0.2, -0.15) is 0 Å². The first-order chi connectivity index (χ1) is 54.8. The van der Waals surface area contributed by atoms with Gasteiger partial charge in [0.05, 0.1) is 28.9 Å². The highest BCUT2D eigenvalue weighted by Crippen LogP contribution is 2.31. The van der Waals surface area contributed by atoms with E-state index in [0.29, 0.717) is 22.8 Å². The monoisotopic (exact) mass is 1710 g/mol. The number of nitrogens with zero attached hydrogens (tertiary/aromatic N) is 18. The van der Waals surface area contributed by atoms with E-state index in [1.807, 2.05) is 159 Å². The maximum absolute atomic E-state index is 12.6. The Kier molecular flexibility index (Phi) is 28.9. The molecule has 0 saturated carbocycles. The predicted octanol–water partition coefficient (Wildman–Crippen LogP) is 14.9. The summed E-state index contributed by atoms with van der Waals surface area (Å²) in [6, 6.07) is 39.8. The third kappa shape index (κ3) is 23.2. The number of ketones is 1. The fraction of sp³-hybridized carbons (Fsp3) is 0.0988. The van der Waals surface area contributed by atoms with Gasteiger partial charge in [-0.25, -0.2) is 34.9 Å². The standard InChI is InChI=1S/C24H19N7O.C20H16BrN5O.C13H11N3.C7H5BrClNO.C6H8BNO2.C6H4BrN3.C5H6N2/c1-16-12-17(4-7-26-16)19-5-8-28-24-20(19)6-11-31(24)15-23(32)30-22-3-2-18(13-29-22)21-14-25-9-10-27-21;1-13-10-14(4-7-22-13)16-5-8-23-20-17(16)6-9-26(20)12-19(27)25-18-3-2-15(21)11-24-18;1-9-8-10(2-5-14-9)11-3-6-15-13-12(11)4-7-16-13;8-5-1-2-6(10-4-5)7(11)3-9;1-5-4-6(7(9)10)2-3-8-5;7-5-4-1-2-8-6(4)10-3-9-5;1-5-4-6-2-3-7-5/h2-14H,15H2,1H3,(H,29,30,32);2-11H,12H2,1H3,(H,24,25,27);2-8H,1H3,(H,15,16);1-2,4H,3H2;2-4,9-10H,1H3;1-3H,(H,8,9,10);2-4H,1H3. The number of aromatic amines is 2. The quantitative estimate of drug-likeness (QED) is 0.0270. The lowest BCUT2D eigenvalue weighted by Crippen LogP contribution is -2.29. The van der Waals surface area contributed by atoms with Crippen LogP contribution >= 0.6 is 59.4 Å². The Morgan fingerprint density at radius 1 is 0.425 bits per heavy atom. The van der Waals surface area contributed by atoms with Crippen LogP contribution in [-0.4, -0.2) is 139 Å². The molecule has 0 spiro atoms. The molecule has 17 rings (SSSR count). The van der Waals surface area contributed by atoms with Gasteiger partial charge < -0.3 is 39.8 Å². The molecule has 0 aliphatic heterocycles. The SMILES string of the molecule is Brc1ncnc2[nH]ccc12.Cc1cc(-c2ccnc3[nH]ccc23)ccn1.Cc1cc(-c2ccnc3c2ccn3CC(=O)Nc2ccc(-c3cnccn3)cn2)ccn1.Cc1cc(-c2ccnc3c2ccn3CC(=O)Nc2ccc(Br)cn2)ccn1.Cc1cc(B(O)O)ccn1.Cc1cnccn1.O=C(CCl)c1ccc(Br)cn1. The minimum atomic E-state index is -1.39. The summed E-state index contributed by atoms with van der Waals surface area (Å²) < 4.78 is 6.21. The molecule has 0 unspecified atom stereocenters. The number of carbonyl (C=O) groups is 3. The molecule has 0 bridgehead atoms. The van der Waals surface area contributed by atoms with E-state index in [1.165, 1.54) is 17.5 Å². The van der Waals surface area contributed by atoms with E-state index in [1.54, 1.807) is 130 Å². The minimum Gasteiger partial charge on any atom is -0.423 e. The predicted molar refractivity (Wildman–Crippen MR) is 448 cm³/mol. The van der Waals surface area contributed by atoms with Crippen LogP contribution in [0.25, 0.3) is 88.8 Å². The molecule has 0 aliphatic rings. The number of carbonyl (C=O) groups excluding carboxylic acids is 3. The molecule has 17 heterocycles. The molecule has 564 valence electrons. The topological polar surface area (TPSA) is 363 Å². The van der Waals surface area contributed by atoms with E-state index in [4.69, 9.17) is 21.6 Å². The van der Waals surface area contributed by atoms with Crippen LogP contribution in [0.15, 0.2) is 271 Å². The van der Waals surface area contributed by atoms with Gasteiger partial charge in [-0.1, -0.05) is 0 Å². The van der Waals surface area contributed by atoms with Crippen LogP contribution in [0, 0.1) is 34.6 Å². The number of nitrogens with one attached hydrogen (secondary N) is 4. The minimum absolute atomic E-state index is 0.0192. The summed E-state index contributed by atoms with van der Waals surface area (Å²) in [4.78, 5) is 108. The number of rotatable bonds is 13. The number of hydrogen-bond acceptors (Lipinski definition) is 21. The van der Waals surface area contributed by atoms with Crippen molar-refractivity contribution < 1.29 is 24.4 Å². The van der Waals surface area contributed by atoms with Crippen LogP contribution in [0.3, 0.4) is 0 Å². The molecule has 17 aromatic rings. The molecule has 0 fully saturated rings. The zero-order valence-electron chi connectivity index (χ0n) is 61.1. The highest BCUT2D eigenvalue weighted by molar-refractivity contribution is 9.11. The molecule has 17 aromatic heterocycles. The molecule has 0 atom stereocenters. The average molecular weight is 1720 g/mol. The fourth-order valence-corrected chi connectivity index (χ4v) is 12.1. The second-order valence-corrected chi connectivity index (χ2v) is 27.3. The van der Waals surface area contributed by atoms with Gasteiger partial charge in [-0.3, -0.25) is 59.2 Å². The average Bonchev–Trinajstić information content (AvgIpc) is 1.70. The number of Topliss-reactive ketones (excluding diaryl/α,β-unsaturated/α-hetero) is 1. The number of halogens is 4. The van der Waals surface area contributed by atoms with Crippen molar-refractivity contribution >= 4 is 145 Å². The maximum Gasteiger partial charge on any atom is 0.488 e. The van der Waals surface area contributed by atoms with Gasteiger partial charge in [0.2, 0.25) is 11.8 Å². The lowest BCUT2D eigenvalue weighted by Gasteiger charge is -2.08. The van der Waals surface area contributed by atoms with E-state index in [-0.39, 0.29) is 36.6 Å². The lowest BCUT2D eigenvalue weighted by molar-refractivity contribution is -0.117. The summed E-state index contributed by atoms with van der Waals surface area (Å²) in [5.74, 6) is 0.470. The van der Waals surface area contributed by atoms with Crippen LogP contribution in [0.4, 0.5) is 11.6 Å². The molecule has 0 saturated heterocycles. The van der Waals surface area contributed by atoms with Crippen molar-refractivity contribution in [1.29, 1.82) is 0 Å². The number of pyridine rings is 10. The first-order valence-corrected chi connectivity index (χ1v) is 37.4. The van der Waals surface area contributed by atoms with Gasteiger partial charge in [-0.05, 0) is 249 Å². The molecule has 27 nitrogen and oxygen atoms in total. The first kappa shape index (κ1) is 81.2. The summed E-state index contributed by atoms with van der Waals surface area (Å²) in [5.41, 5.74) is 17.1. The van der Waals surface area contributed by atoms with Crippen molar-refractivity contribution in [3.8, 4) is 44.6 Å². The number of aryl methyl sites for hydroxylation is 5. The Bertz CT molecular complexity index is 6010. The summed E-state index contributed by atoms with van der Waals surface area (Å²) in [5, 5.41) is 27.1. The Morgan fingerprint density at radius 3 is 1.35 bits per heavy atom. The molecular weight excluding hydrogens is 1650 g/mol. The van der Waals surface area contributed by atoms with Crippen molar-refractivity contribution in [2.24, 2.45) is 0 Å². The molecule has 0 aromatic carbocycles. The van der Waals surface area contributed by atoms with Crippen LogP contribution in [0.2, 0.25) is 0 Å². The summed E-state index contributed by atoms with van der Waals surface area (Å²) in [6.45, 7) is 9.92. The molecule has 2 amide bonds. The van der Waals surface area contributed by atoms with Gasteiger partial charge in [0.1, 0.15) is 63.9 Å². The van der Waals surface area contributed by atoms with E-state index in [9.17, 15) is 14.4 Å². The van der Waals surface area contributed by atoms with Gasteiger partial charge >= 0.3 is 7.12 Å². The Hall–Kier alpha value is -12.8. The Balaban J connectivity index is 0.000000139. The van der Waals surface area contributed by atoms with E-state index < -0.39 is 7.12 Å². The normalized spacial score (nSPS) is 10.5. The molecule has 113 heavy (non-hydrogen) atoms. The Morgan fingerprint density at radius 2 is 0.903 bits per heavy atom. The number of fused-ring (bicyclic) bond motifs is 4. The second kappa shape index (κ2) is 40.2. The zero-order chi connectivity index (χ0) is 79.6. The summed E-state index contributed by atoms with van der Waals surface area (Å²) >= 11 is 15.2. The maximum atomic E-state index is 12.6. The van der Waals surface area contributed by atoms with Crippen molar-refractivity contribution in [3.05, 3.63) is 305 Å². The van der Waals surface area contributed by atoms with Crippen LogP contribution < -0.4 is 16.1 Å². The third-order valence-electron chi connectivity index (χ3n) is 16.3. The number of aromatic nitrogens is 20. The van der Waals surface area contributed by atoms with Crippen molar-refractivity contribution in [3.63, 3.8) is 0 Å². The largest absolute Gasteiger partial charge is 0.488 e. The zero-order valence-corrected chi connectivity index (χ0v) is 66.6. The van der Waals surface area contributed by atoms with Crippen LogP contribution in [0.1, 0.15) is 39.0 Å². The third-order valence-corrected chi connectivity index (χ3v) is 18.1. The molecule has 6 N–H and O–H groups in total. The highest BCUT2D eigenvalue weighted by atomic mass is 79.9. The van der Waals surface area contributed by atoms with Gasteiger partial charge in [-0.15, -0.1) is 11.6 Å². The highest BCUT2D eigenvalue weighted by Gasteiger charge is 2.16. The molecular formula is C81H69BBr3ClN22O5. The number of anilines is 2. The smallest absolute Gasteiger partial charge is 0.423 e. The van der Waals surface area contributed by atoms with Gasteiger partial charge in [0.25, 0.3) is 0 Å². The second-order valence-electron chi connectivity index (χ2n) is 24.5. The van der Waals surface area contributed by atoms with E-state index in [2.05, 4.69) is 154 Å². The number of amides is 2. The number of hydrogen-bond donors (Lipinski definition) is 6. The number of H-pyrrole nitrogens is 2. The van der Waals surface area contributed by atoms with Crippen molar-refractivity contribution in [1.82, 2.24) is 98.8 Å². The molecule has 0 aliphatic carbocycles. The molecule has 0 radical (unpaired) electrons. The van der Waals surface area contributed by atoms with Crippen molar-refractivity contribution in [2.75, 3.05) is 16.5 Å². The van der Waals surface area contributed by atoms with Crippen LogP contribution in [0.5, 0.6) is 0 Å². The van der Waals surface area contributed by atoms with Crippen molar-refractivity contribution in [2.45, 2.75) is 47.7 Å². The lowest BCUT2D eigenvalue weighted by atomic mass is 9.81. The van der Waals surface area contributed by atoms with E-state index in [0.717, 1.165) is 120 Å². The van der Waals surface area contributed by atoms with Gasteiger partial charge in [0.15, 0.2) is 5.78 Å². The van der Waals surface area contributed by atoms with E-state index >= 15 is 0 Å². The fourth-order valence-electron chi connectivity index (χ4n) is 11.0. The summed E-state index contributed by atoms with van der Waals surface area (Å²) in [7, 11) is -1.39. The first-order valence-electron chi connectivity index (χ1n) is 34.5. The van der Waals surface area contributed by atoms with Crippen LogP contribution in [-0.2, 0) is 22.7 Å².